The average molecular weight is 427 g/mol. The summed E-state index contributed by atoms with van der Waals surface area (Å²) in [5, 5.41) is 4.96. The van der Waals surface area contributed by atoms with E-state index in [0.29, 0.717) is 24.9 Å². The third-order valence-corrected chi connectivity index (χ3v) is 7.27. The number of nitrogens with one attached hydrogen (secondary N) is 1. The Morgan fingerprint density at radius 1 is 1.03 bits per heavy atom. The number of rotatable bonds is 5. The molecule has 7 heteroatoms. The third kappa shape index (κ3) is 4.52. The summed E-state index contributed by atoms with van der Waals surface area (Å²) in [4.78, 5) is 12.9. The van der Waals surface area contributed by atoms with Crippen molar-refractivity contribution in [3.05, 3.63) is 78.1 Å². The minimum absolute atomic E-state index is 0.153. The van der Waals surface area contributed by atoms with Gasteiger partial charge in [-0.2, -0.15) is 0 Å². The van der Waals surface area contributed by atoms with E-state index in [0.717, 1.165) is 16.5 Å². The Morgan fingerprint density at radius 2 is 1.77 bits per heavy atom. The third-order valence-electron chi connectivity index (χ3n) is 5.46. The Kier molecular flexibility index (Phi) is 5.83. The van der Waals surface area contributed by atoms with Gasteiger partial charge in [-0.3, -0.25) is 4.79 Å². The van der Waals surface area contributed by atoms with Gasteiger partial charge in [-0.15, -0.1) is 0 Å². The van der Waals surface area contributed by atoms with Gasteiger partial charge in [0.1, 0.15) is 5.82 Å². The second kappa shape index (κ2) is 8.53. The summed E-state index contributed by atoms with van der Waals surface area (Å²) in [5.74, 6) is -1.20. The van der Waals surface area contributed by atoms with Crippen molar-refractivity contribution >= 4 is 32.4 Å². The lowest BCUT2D eigenvalue weighted by Crippen LogP contribution is -2.44. The van der Waals surface area contributed by atoms with Crippen molar-refractivity contribution in [3.8, 4) is 0 Å². The van der Waals surface area contributed by atoms with Gasteiger partial charge in [0.2, 0.25) is 15.9 Å². The predicted octanol–water partition coefficient (Wildman–Crippen LogP) is 4.16. The summed E-state index contributed by atoms with van der Waals surface area (Å²) >= 11 is 0. The highest BCUT2D eigenvalue weighted by Crippen LogP contribution is 2.26. The predicted molar refractivity (Wildman–Crippen MR) is 116 cm³/mol. The molecule has 0 aliphatic carbocycles. The van der Waals surface area contributed by atoms with Crippen molar-refractivity contribution < 1.29 is 17.6 Å². The lowest BCUT2D eigenvalue weighted by molar-refractivity contribution is -0.120. The molecule has 0 radical (unpaired) electrons. The molecule has 1 aliphatic heterocycles. The number of anilines is 1. The van der Waals surface area contributed by atoms with Gasteiger partial charge in [0, 0.05) is 24.2 Å². The van der Waals surface area contributed by atoms with Crippen LogP contribution in [0.5, 0.6) is 0 Å². The number of nitrogens with zero attached hydrogens (tertiary/aromatic N) is 1. The zero-order valence-electron chi connectivity index (χ0n) is 16.4. The minimum Gasteiger partial charge on any atom is -0.325 e. The highest BCUT2D eigenvalue weighted by molar-refractivity contribution is 7.88. The highest BCUT2D eigenvalue weighted by Gasteiger charge is 2.32. The van der Waals surface area contributed by atoms with Crippen LogP contribution >= 0.6 is 0 Å². The van der Waals surface area contributed by atoms with E-state index >= 15 is 0 Å². The summed E-state index contributed by atoms with van der Waals surface area (Å²) < 4.78 is 40.2. The quantitative estimate of drug-likeness (QED) is 0.666. The molecule has 5 nitrogen and oxygen atoms in total. The van der Waals surface area contributed by atoms with Crippen LogP contribution in [-0.2, 0) is 20.6 Å². The number of halogens is 1. The first-order valence-electron chi connectivity index (χ1n) is 9.93. The van der Waals surface area contributed by atoms with Gasteiger partial charge < -0.3 is 5.32 Å². The number of fused-ring (bicyclic) bond motifs is 1. The van der Waals surface area contributed by atoms with Crippen molar-refractivity contribution in [1.82, 2.24) is 4.31 Å². The molecular formula is C23H23FN2O3S. The molecule has 3 aromatic rings. The smallest absolute Gasteiger partial charge is 0.228 e. The molecule has 1 fully saturated rings. The normalized spacial score (nSPS) is 17.7. The SMILES string of the molecule is O=C(Nc1cccc2ccccc12)[C@H]1CCCN(S(=O)(=O)Cc2ccc(F)cc2)C1. The average Bonchev–Trinajstić information content (AvgIpc) is 2.75. The Hall–Kier alpha value is -2.77. The van der Waals surface area contributed by atoms with Crippen LogP contribution in [0.15, 0.2) is 66.7 Å². The summed E-state index contributed by atoms with van der Waals surface area (Å²) in [7, 11) is -3.59. The van der Waals surface area contributed by atoms with Gasteiger partial charge in [-0.05, 0) is 42.0 Å². The zero-order valence-corrected chi connectivity index (χ0v) is 17.2. The molecule has 1 atom stereocenters. The lowest BCUT2D eigenvalue weighted by atomic mass is 9.98. The van der Waals surface area contributed by atoms with Crippen LogP contribution < -0.4 is 5.32 Å². The molecule has 0 spiro atoms. The first-order valence-corrected chi connectivity index (χ1v) is 11.5. The summed E-state index contributed by atoms with van der Waals surface area (Å²) in [6.45, 7) is 0.543. The standard InChI is InChI=1S/C23H23FN2O3S/c24-20-12-10-17(11-13-20)16-30(28,29)26-14-4-7-19(15-26)23(27)25-22-9-3-6-18-5-1-2-8-21(18)22/h1-3,5-6,8-13,19H,4,7,14-16H2,(H,25,27)/t19-/m0/s1. The van der Waals surface area contributed by atoms with Crippen LogP contribution in [0.25, 0.3) is 10.8 Å². The van der Waals surface area contributed by atoms with Gasteiger partial charge in [0.05, 0.1) is 11.7 Å². The summed E-state index contributed by atoms with van der Waals surface area (Å²) in [6.07, 6.45) is 1.26. The van der Waals surface area contributed by atoms with Crippen molar-refractivity contribution in [2.75, 3.05) is 18.4 Å². The number of carbonyl (C=O) groups excluding carboxylic acids is 1. The lowest BCUT2D eigenvalue weighted by Gasteiger charge is -2.31. The molecule has 0 saturated carbocycles. The zero-order chi connectivity index (χ0) is 21.1. The van der Waals surface area contributed by atoms with Crippen molar-refractivity contribution in [2.24, 2.45) is 5.92 Å². The highest BCUT2D eigenvalue weighted by atomic mass is 32.2. The van der Waals surface area contributed by atoms with Crippen molar-refractivity contribution in [3.63, 3.8) is 0 Å². The maximum absolute atomic E-state index is 13.1. The minimum atomic E-state index is -3.59. The van der Waals surface area contributed by atoms with Gasteiger partial charge >= 0.3 is 0 Å². The fourth-order valence-corrected chi connectivity index (χ4v) is 5.47. The van der Waals surface area contributed by atoms with Crippen LogP contribution in [0.1, 0.15) is 18.4 Å². The molecule has 1 heterocycles. The fraction of sp³-hybridized carbons (Fsp3) is 0.261. The van der Waals surface area contributed by atoms with E-state index in [-0.39, 0.29) is 18.2 Å². The Bertz CT molecular complexity index is 1160. The molecule has 3 aromatic carbocycles. The van der Waals surface area contributed by atoms with Crippen LogP contribution in [0.3, 0.4) is 0 Å². The topological polar surface area (TPSA) is 66.5 Å². The van der Waals surface area contributed by atoms with E-state index in [9.17, 15) is 17.6 Å². The van der Waals surface area contributed by atoms with Gasteiger partial charge in [-0.1, -0.05) is 48.5 Å². The molecule has 1 N–H and O–H groups in total. The van der Waals surface area contributed by atoms with Crippen molar-refractivity contribution in [2.45, 2.75) is 18.6 Å². The Morgan fingerprint density at radius 3 is 2.57 bits per heavy atom. The molecule has 1 aliphatic rings. The van der Waals surface area contributed by atoms with E-state index < -0.39 is 21.8 Å². The van der Waals surface area contributed by atoms with E-state index in [1.807, 2.05) is 42.5 Å². The number of hydrogen-bond acceptors (Lipinski definition) is 3. The number of sulfonamides is 1. The number of benzene rings is 3. The molecule has 1 saturated heterocycles. The van der Waals surface area contributed by atoms with Crippen LogP contribution in [-0.4, -0.2) is 31.7 Å². The molecule has 156 valence electrons. The number of carbonyl (C=O) groups is 1. The van der Waals surface area contributed by atoms with Gasteiger partial charge in [-0.25, -0.2) is 17.1 Å². The molecule has 30 heavy (non-hydrogen) atoms. The Balaban J connectivity index is 1.46. The molecule has 0 bridgehead atoms. The summed E-state index contributed by atoms with van der Waals surface area (Å²) in [6, 6.07) is 19.0. The maximum atomic E-state index is 13.1. The first kappa shape index (κ1) is 20.5. The molecule has 0 unspecified atom stereocenters. The van der Waals surface area contributed by atoms with Crippen LogP contribution in [0, 0.1) is 11.7 Å². The molecule has 0 aromatic heterocycles. The second-order valence-electron chi connectivity index (χ2n) is 7.60. The second-order valence-corrected chi connectivity index (χ2v) is 9.56. The molecular weight excluding hydrogens is 403 g/mol. The Labute approximate surface area is 175 Å². The van der Waals surface area contributed by atoms with Gasteiger partial charge in [0.15, 0.2) is 0 Å². The maximum Gasteiger partial charge on any atom is 0.228 e. The van der Waals surface area contributed by atoms with E-state index in [2.05, 4.69) is 5.32 Å². The van der Waals surface area contributed by atoms with Crippen LogP contribution in [0.4, 0.5) is 10.1 Å². The molecule has 1 amide bonds. The summed E-state index contributed by atoms with van der Waals surface area (Å²) in [5.41, 5.74) is 1.25. The monoisotopic (exact) mass is 426 g/mol. The molecule has 4 rings (SSSR count). The number of amides is 1. The van der Waals surface area contributed by atoms with E-state index in [1.165, 1.54) is 28.6 Å². The van der Waals surface area contributed by atoms with Crippen molar-refractivity contribution in [1.29, 1.82) is 0 Å². The fourth-order valence-electron chi connectivity index (χ4n) is 3.86. The van der Waals surface area contributed by atoms with E-state index in [1.54, 1.807) is 0 Å². The van der Waals surface area contributed by atoms with E-state index in [4.69, 9.17) is 0 Å². The largest absolute Gasteiger partial charge is 0.325 e. The number of piperidine rings is 1. The van der Waals surface area contributed by atoms with Crippen LogP contribution in [0.2, 0.25) is 0 Å². The van der Waals surface area contributed by atoms with Gasteiger partial charge in [0.25, 0.3) is 0 Å². The number of hydrogen-bond donors (Lipinski definition) is 1. The first-order chi connectivity index (χ1) is 14.4.